The average molecular weight is 166 g/mol. The molecule has 0 aromatic carbocycles. The molecule has 4 heavy (non-hydrogen) atoms. The Bertz CT molecular complexity index is 20.0. The van der Waals surface area contributed by atoms with Gasteiger partial charge >= 0.3 is 35.5 Å². The summed E-state index contributed by atoms with van der Waals surface area (Å²) in [5.41, 5.74) is 0. The number of hydrogen-bond donors (Lipinski definition) is 0. The van der Waals surface area contributed by atoms with Crippen molar-refractivity contribution in [3.05, 3.63) is 0 Å². The molecule has 0 unspecified atom stereocenters. The molecule has 0 spiro atoms. The van der Waals surface area contributed by atoms with Crippen molar-refractivity contribution in [2.24, 2.45) is 0 Å². The SMILES string of the molecule is [CH3][Sb][CH]=O. The van der Waals surface area contributed by atoms with E-state index in [1.54, 1.807) is 0 Å². The van der Waals surface area contributed by atoms with Crippen LogP contribution in [0.25, 0.3) is 0 Å². The van der Waals surface area contributed by atoms with E-state index in [4.69, 9.17) is 0 Å². The molecule has 0 atom stereocenters. The van der Waals surface area contributed by atoms with Crippen molar-refractivity contribution in [3.63, 3.8) is 0 Å². The van der Waals surface area contributed by atoms with E-state index in [1.807, 2.05) is 4.87 Å². The fourth-order valence-corrected chi connectivity index (χ4v) is 0. The molecule has 0 aromatic rings. The van der Waals surface area contributed by atoms with E-state index in [0.717, 1.165) is 4.23 Å². The predicted octanol–water partition coefficient (Wildman–Crippen LogP) is -0.0711. The summed E-state index contributed by atoms with van der Waals surface area (Å²) in [6.45, 7) is 0. The first-order valence-corrected chi connectivity index (χ1v) is 4.97. The van der Waals surface area contributed by atoms with Gasteiger partial charge in [0.2, 0.25) is 0 Å². The molecule has 0 fully saturated rings. The van der Waals surface area contributed by atoms with Crippen LogP contribution in [0, 0.1) is 0 Å². The molecule has 0 aliphatic rings. The number of carbonyl (C=O) groups excluding carboxylic acids is 1. The Morgan fingerprint density at radius 3 is 2.25 bits per heavy atom. The molecule has 0 N–H and O–H groups in total. The number of rotatable bonds is 1. The van der Waals surface area contributed by atoms with Gasteiger partial charge in [-0.05, 0) is 0 Å². The van der Waals surface area contributed by atoms with Crippen LogP contribution in [0.4, 0.5) is 0 Å². The van der Waals surface area contributed by atoms with E-state index in [0.29, 0.717) is 0 Å². The Labute approximate surface area is 35.9 Å². The Kier molecular flexibility index (Phi) is 3.91. The second-order valence-corrected chi connectivity index (χ2v) is 2.44. The maximum absolute atomic E-state index is 9.24. The molecule has 0 heterocycles. The van der Waals surface area contributed by atoms with Crippen LogP contribution < -0.4 is 0 Å². The summed E-state index contributed by atoms with van der Waals surface area (Å²) >= 11 is -0.328. The van der Waals surface area contributed by atoms with Gasteiger partial charge in [-0.3, -0.25) is 0 Å². The molecule has 0 amide bonds. The molecule has 0 saturated heterocycles. The molecule has 1 radical (unpaired) electrons. The van der Waals surface area contributed by atoms with Crippen LogP contribution in [-0.4, -0.2) is 25.8 Å². The molecule has 0 aliphatic carbocycles. The second kappa shape index (κ2) is 3.49. The van der Waals surface area contributed by atoms with Crippen molar-refractivity contribution in [3.8, 4) is 0 Å². The van der Waals surface area contributed by atoms with E-state index in [-0.39, 0.29) is 21.6 Å². The molecule has 1 nitrogen and oxygen atoms in total. The quantitative estimate of drug-likeness (QED) is 0.393. The normalized spacial score (nSPS) is 6.25. The van der Waals surface area contributed by atoms with Crippen LogP contribution in [0.3, 0.4) is 0 Å². The van der Waals surface area contributed by atoms with E-state index >= 15 is 0 Å². The molecule has 23 valence electrons. The first-order chi connectivity index (χ1) is 1.91. The van der Waals surface area contributed by atoms with Gasteiger partial charge in [-0.1, -0.05) is 0 Å². The minimum atomic E-state index is -0.328. The van der Waals surface area contributed by atoms with E-state index in [2.05, 4.69) is 0 Å². The summed E-state index contributed by atoms with van der Waals surface area (Å²) in [7, 11) is 0. The zero-order chi connectivity index (χ0) is 3.41. The molecule has 2 heteroatoms. The fraction of sp³-hybridized carbons (Fsp3) is 0.500. The van der Waals surface area contributed by atoms with Gasteiger partial charge in [-0.2, -0.15) is 0 Å². The molecule has 0 aliphatic heterocycles. The van der Waals surface area contributed by atoms with Crippen molar-refractivity contribution < 1.29 is 4.79 Å². The van der Waals surface area contributed by atoms with Crippen molar-refractivity contribution in [2.75, 3.05) is 0 Å². The van der Waals surface area contributed by atoms with Gasteiger partial charge < -0.3 is 0 Å². The van der Waals surface area contributed by atoms with E-state index < -0.39 is 0 Å². The third-order valence-corrected chi connectivity index (χ3v) is 0.707. The van der Waals surface area contributed by atoms with Gasteiger partial charge in [0.15, 0.2) is 0 Å². The van der Waals surface area contributed by atoms with Gasteiger partial charge in [-0.15, -0.1) is 0 Å². The van der Waals surface area contributed by atoms with Gasteiger partial charge in [0.05, 0.1) is 0 Å². The van der Waals surface area contributed by atoms with Crippen LogP contribution in [0.1, 0.15) is 0 Å². The minimum absolute atomic E-state index is 0.328. The van der Waals surface area contributed by atoms with Crippen molar-refractivity contribution in [1.29, 1.82) is 0 Å². The first kappa shape index (κ1) is 4.49. The molecule has 0 rings (SSSR count). The van der Waals surface area contributed by atoms with E-state index in [1.165, 1.54) is 0 Å². The van der Waals surface area contributed by atoms with Crippen molar-refractivity contribution in [2.45, 2.75) is 4.87 Å². The van der Waals surface area contributed by atoms with Gasteiger partial charge in [0.1, 0.15) is 0 Å². The molecule has 0 saturated carbocycles. The average Bonchev–Trinajstić information content (AvgIpc) is 1.37. The summed E-state index contributed by atoms with van der Waals surface area (Å²) in [5, 5.41) is 0. The van der Waals surface area contributed by atoms with Crippen LogP contribution in [0.2, 0.25) is 4.87 Å². The van der Waals surface area contributed by atoms with Crippen molar-refractivity contribution >= 4 is 25.8 Å². The number of carbonyl (C=O) groups is 1. The Hall–Kier alpha value is 0.488. The van der Waals surface area contributed by atoms with Gasteiger partial charge in [0.25, 0.3) is 0 Å². The third-order valence-electron chi connectivity index (χ3n) is 0.105. The number of hydrogen-bond acceptors (Lipinski definition) is 1. The van der Waals surface area contributed by atoms with Crippen LogP contribution in [0.15, 0.2) is 0 Å². The monoisotopic (exact) mass is 165 g/mol. The zero-order valence-electron chi connectivity index (χ0n) is 2.43. The fourth-order valence-electron chi connectivity index (χ4n) is 0. The summed E-state index contributed by atoms with van der Waals surface area (Å²) < 4.78 is 1.02. The third kappa shape index (κ3) is 2.49. The maximum atomic E-state index is 9.24. The van der Waals surface area contributed by atoms with Gasteiger partial charge in [0, 0.05) is 0 Å². The predicted molar refractivity (Wildman–Crippen MR) is 18.4 cm³/mol. The summed E-state index contributed by atoms with van der Waals surface area (Å²) in [6, 6.07) is 0. The van der Waals surface area contributed by atoms with Crippen LogP contribution in [0.5, 0.6) is 0 Å². The summed E-state index contributed by atoms with van der Waals surface area (Å²) in [4.78, 5) is 11.2. The van der Waals surface area contributed by atoms with Gasteiger partial charge in [-0.25, -0.2) is 0 Å². The molecular formula is C2H4OSb. The molecule has 0 bridgehead atoms. The summed E-state index contributed by atoms with van der Waals surface area (Å²) in [6.07, 6.45) is 0. The zero-order valence-corrected chi connectivity index (χ0v) is 4.99. The van der Waals surface area contributed by atoms with E-state index in [9.17, 15) is 4.79 Å². The Balaban J connectivity index is 2.30. The standard InChI is InChI=1S/CHO.CH3.Sb/c1-2;;/h1H;1H3;. The Morgan fingerprint density at radius 2 is 2.25 bits per heavy atom. The van der Waals surface area contributed by atoms with Crippen LogP contribution >= 0.6 is 0 Å². The Morgan fingerprint density at radius 1 is 2.00 bits per heavy atom. The topological polar surface area (TPSA) is 17.1 Å². The molecular weight excluding hydrogens is 162 g/mol. The first-order valence-electron chi connectivity index (χ1n) is 0.941. The molecule has 0 aromatic heterocycles. The second-order valence-electron chi connectivity index (χ2n) is 0.364. The van der Waals surface area contributed by atoms with Crippen LogP contribution in [-0.2, 0) is 4.79 Å². The summed E-state index contributed by atoms with van der Waals surface area (Å²) in [5.74, 6) is 0. The van der Waals surface area contributed by atoms with Crippen molar-refractivity contribution in [1.82, 2.24) is 0 Å².